The number of benzene rings is 2. The topological polar surface area (TPSA) is 49.0 Å². The number of hydrogen-bond acceptors (Lipinski definition) is 3. The van der Waals surface area contributed by atoms with Gasteiger partial charge < -0.3 is 4.98 Å². The fourth-order valence-corrected chi connectivity index (χ4v) is 3.52. The first-order chi connectivity index (χ1) is 13.2. The van der Waals surface area contributed by atoms with Crippen LogP contribution in [0.2, 0.25) is 0 Å². The Morgan fingerprint density at radius 2 is 1.89 bits per heavy atom. The molecule has 0 saturated carbocycles. The molecule has 0 amide bonds. The van der Waals surface area contributed by atoms with E-state index < -0.39 is 0 Å². The van der Waals surface area contributed by atoms with Gasteiger partial charge in [0, 0.05) is 37.1 Å². The molecule has 4 nitrogen and oxygen atoms in total. The van der Waals surface area contributed by atoms with E-state index in [1.54, 1.807) is 12.1 Å². The van der Waals surface area contributed by atoms with Crippen molar-refractivity contribution in [2.75, 3.05) is 13.1 Å². The Hall–Kier alpha value is -2.79. The Bertz CT molecular complexity index is 918. The molecule has 1 aliphatic rings. The maximum Gasteiger partial charge on any atom is 0.162 e. The molecule has 4 rings (SSSR count). The summed E-state index contributed by atoms with van der Waals surface area (Å²) < 4.78 is 13.0. The number of rotatable bonds is 6. The SMILES string of the molecule is O=C(CCCN1CCc2nc(-c3ccccc3)[nH]c2C1)c1ccc(F)cc1. The van der Waals surface area contributed by atoms with E-state index >= 15 is 0 Å². The van der Waals surface area contributed by atoms with Crippen LogP contribution in [-0.4, -0.2) is 33.7 Å². The van der Waals surface area contributed by atoms with E-state index in [9.17, 15) is 9.18 Å². The predicted molar refractivity (Wildman–Crippen MR) is 103 cm³/mol. The van der Waals surface area contributed by atoms with E-state index in [0.717, 1.165) is 49.6 Å². The van der Waals surface area contributed by atoms with Gasteiger partial charge in [-0.05, 0) is 37.2 Å². The van der Waals surface area contributed by atoms with E-state index in [1.165, 1.54) is 17.8 Å². The van der Waals surface area contributed by atoms with Crippen molar-refractivity contribution in [1.29, 1.82) is 0 Å². The number of aromatic amines is 1. The monoisotopic (exact) mass is 363 g/mol. The van der Waals surface area contributed by atoms with E-state index in [1.807, 2.05) is 18.2 Å². The standard InChI is InChI=1S/C22H22FN3O/c23-18-10-8-16(9-11-18)21(27)7-4-13-26-14-12-19-20(15-26)25-22(24-19)17-5-2-1-3-6-17/h1-3,5-6,8-11H,4,7,12-15H2,(H,24,25). The molecule has 2 aromatic carbocycles. The maximum absolute atomic E-state index is 13.0. The molecule has 1 N–H and O–H groups in total. The molecule has 27 heavy (non-hydrogen) atoms. The molecule has 1 aliphatic heterocycles. The van der Waals surface area contributed by atoms with Crippen LogP contribution in [0, 0.1) is 5.82 Å². The molecule has 0 fully saturated rings. The zero-order chi connectivity index (χ0) is 18.6. The van der Waals surface area contributed by atoms with Crippen molar-refractivity contribution >= 4 is 5.78 Å². The molecule has 0 bridgehead atoms. The van der Waals surface area contributed by atoms with Crippen molar-refractivity contribution in [3.05, 3.63) is 77.4 Å². The van der Waals surface area contributed by atoms with Crippen molar-refractivity contribution in [1.82, 2.24) is 14.9 Å². The summed E-state index contributed by atoms with van der Waals surface area (Å²) in [6, 6.07) is 15.9. The summed E-state index contributed by atoms with van der Waals surface area (Å²) in [5.41, 5.74) is 4.00. The van der Waals surface area contributed by atoms with Crippen LogP contribution in [0.3, 0.4) is 0 Å². The normalized spacial score (nSPS) is 14.1. The number of fused-ring (bicyclic) bond motifs is 1. The van der Waals surface area contributed by atoms with Gasteiger partial charge in [0.25, 0.3) is 0 Å². The van der Waals surface area contributed by atoms with Crippen molar-refractivity contribution < 1.29 is 9.18 Å². The number of hydrogen-bond donors (Lipinski definition) is 1. The first-order valence-corrected chi connectivity index (χ1v) is 9.33. The van der Waals surface area contributed by atoms with E-state index in [4.69, 9.17) is 4.98 Å². The van der Waals surface area contributed by atoms with Crippen LogP contribution >= 0.6 is 0 Å². The fourth-order valence-electron chi connectivity index (χ4n) is 3.52. The van der Waals surface area contributed by atoms with Gasteiger partial charge in [0.1, 0.15) is 11.6 Å². The third-order valence-corrected chi connectivity index (χ3v) is 5.00. The van der Waals surface area contributed by atoms with Crippen molar-refractivity contribution in [3.63, 3.8) is 0 Å². The number of H-pyrrole nitrogens is 1. The Morgan fingerprint density at radius 1 is 1.11 bits per heavy atom. The second kappa shape index (κ2) is 7.84. The van der Waals surface area contributed by atoms with Crippen LogP contribution in [0.1, 0.15) is 34.6 Å². The first-order valence-electron chi connectivity index (χ1n) is 9.33. The van der Waals surface area contributed by atoms with Gasteiger partial charge in [0.2, 0.25) is 0 Å². The maximum atomic E-state index is 13.0. The predicted octanol–water partition coefficient (Wildman–Crippen LogP) is 4.24. The highest BCUT2D eigenvalue weighted by atomic mass is 19.1. The number of ketones is 1. The fraction of sp³-hybridized carbons (Fsp3) is 0.273. The first kappa shape index (κ1) is 17.6. The molecule has 0 saturated heterocycles. The van der Waals surface area contributed by atoms with Gasteiger partial charge in [-0.2, -0.15) is 0 Å². The number of carbonyl (C=O) groups excluding carboxylic acids is 1. The molecule has 0 aliphatic carbocycles. The largest absolute Gasteiger partial charge is 0.341 e. The smallest absolute Gasteiger partial charge is 0.162 e. The quantitative estimate of drug-likeness (QED) is 0.667. The number of carbonyl (C=O) groups is 1. The Labute approximate surface area is 158 Å². The lowest BCUT2D eigenvalue weighted by Crippen LogP contribution is -2.31. The minimum Gasteiger partial charge on any atom is -0.341 e. The Balaban J connectivity index is 1.31. The van der Waals surface area contributed by atoms with Crippen LogP contribution < -0.4 is 0 Å². The summed E-state index contributed by atoms with van der Waals surface area (Å²) in [6.45, 7) is 2.66. The third kappa shape index (κ3) is 4.14. The summed E-state index contributed by atoms with van der Waals surface area (Å²) in [7, 11) is 0. The summed E-state index contributed by atoms with van der Waals surface area (Å²) in [5, 5.41) is 0. The summed E-state index contributed by atoms with van der Waals surface area (Å²) in [6.07, 6.45) is 2.20. The molecule has 5 heteroatoms. The van der Waals surface area contributed by atoms with Crippen LogP contribution in [0.15, 0.2) is 54.6 Å². The zero-order valence-corrected chi connectivity index (χ0v) is 15.1. The van der Waals surface area contributed by atoms with Gasteiger partial charge in [0.15, 0.2) is 5.78 Å². The highest BCUT2D eigenvalue weighted by molar-refractivity contribution is 5.95. The van der Waals surface area contributed by atoms with Gasteiger partial charge in [-0.15, -0.1) is 0 Å². The van der Waals surface area contributed by atoms with E-state index in [-0.39, 0.29) is 11.6 Å². The van der Waals surface area contributed by atoms with Gasteiger partial charge in [-0.25, -0.2) is 9.37 Å². The molecule has 0 unspecified atom stereocenters. The molecular formula is C22H22FN3O. The van der Waals surface area contributed by atoms with Gasteiger partial charge in [0.05, 0.1) is 11.4 Å². The Kier molecular flexibility index (Phi) is 5.12. The van der Waals surface area contributed by atoms with E-state index in [2.05, 4.69) is 22.0 Å². The number of aromatic nitrogens is 2. The second-order valence-corrected chi connectivity index (χ2v) is 6.94. The minimum absolute atomic E-state index is 0.0700. The number of nitrogens with zero attached hydrogens (tertiary/aromatic N) is 2. The third-order valence-electron chi connectivity index (χ3n) is 5.00. The van der Waals surface area contributed by atoms with Gasteiger partial charge in [-0.3, -0.25) is 9.69 Å². The lowest BCUT2D eigenvalue weighted by Gasteiger charge is -2.25. The lowest BCUT2D eigenvalue weighted by molar-refractivity contribution is 0.0973. The summed E-state index contributed by atoms with van der Waals surface area (Å²) >= 11 is 0. The summed E-state index contributed by atoms with van der Waals surface area (Å²) in [4.78, 5) is 22.8. The van der Waals surface area contributed by atoms with Gasteiger partial charge in [-0.1, -0.05) is 30.3 Å². The van der Waals surface area contributed by atoms with Crippen LogP contribution in [0.25, 0.3) is 11.4 Å². The molecule has 0 spiro atoms. The Morgan fingerprint density at radius 3 is 2.67 bits per heavy atom. The van der Waals surface area contributed by atoms with Crippen LogP contribution in [0.4, 0.5) is 4.39 Å². The minimum atomic E-state index is -0.315. The van der Waals surface area contributed by atoms with Crippen molar-refractivity contribution in [3.8, 4) is 11.4 Å². The second-order valence-electron chi connectivity index (χ2n) is 6.94. The lowest BCUT2D eigenvalue weighted by atomic mass is 10.1. The highest BCUT2D eigenvalue weighted by Crippen LogP contribution is 2.22. The van der Waals surface area contributed by atoms with Crippen molar-refractivity contribution in [2.45, 2.75) is 25.8 Å². The number of nitrogens with one attached hydrogen (secondary N) is 1. The molecule has 0 atom stereocenters. The number of halogens is 1. The average Bonchev–Trinajstić information content (AvgIpc) is 3.12. The average molecular weight is 363 g/mol. The van der Waals surface area contributed by atoms with Crippen molar-refractivity contribution in [2.24, 2.45) is 0 Å². The van der Waals surface area contributed by atoms with Crippen LogP contribution in [-0.2, 0) is 13.0 Å². The number of imidazole rings is 1. The number of Topliss-reactive ketones (excluding diaryl/α,β-unsaturated/α-hetero) is 1. The summed E-state index contributed by atoms with van der Waals surface area (Å²) in [5.74, 6) is 0.680. The molecular weight excluding hydrogens is 341 g/mol. The van der Waals surface area contributed by atoms with Gasteiger partial charge >= 0.3 is 0 Å². The highest BCUT2D eigenvalue weighted by Gasteiger charge is 2.20. The van der Waals surface area contributed by atoms with Crippen LogP contribution in [0.5, 0.6) is 0 Å². The zero-order valence-electron chi connectivity index (χ0n) is 15.1. The molecule has 138 valence electrons. The van der Waals surface area contributed by atoms with E-state index in [0.29, 0.717) is 12.0 Å². The molecule has 2 heterocycles. The molecule has 0 radical (unpaired) electrons. The molecule has 3 aromatic rings. The molecule has 1 aromatic heterocycles.